The highest BCUT2D eigenvalue weighted by molar-refractivity contribution is 7.99. The zero-order chi connectivity index (χ0) is 13.8. The van der Waals surface area contributed by atoms with Crippen molar-refractivity contribution in [2.75, 3.05) is 13.4 Å². The number of ether oxygens (including phenoxy) is 1. The van der Waals surface area contributed by atoms with Gasteiger partial charge in [0.2, 0.25) is 0 Å². The molecule has 0 bridgehead atoms. The number of thioether (sulfide) groups is 1. The van der Waals surface area contributed by atoms with E-state index < -0.39 is 0 Å². The number of carbonyl (C=O) groups is 1. The highest BCUT2D eigenvalue weighted by Gasteiger charge is 2.26. The number of carbonyl (C=O) groups excluding carboxylic acids is 1. The van der Waals surface area contributed by atoms with E-state index >= 15 is 0 Å². The minimum Gasteiger partial charge on any atom is -0.504 e. The summed E-state index contributed by atoms with van der Waals surface area (Å²) in [5.74, 6) is -0.00821. The molecule has 1 aromatic carbocycles. The molecule has 1 aliphatic rings. The van der Waals surface area contributed by atoms with Crippen LogP contribution < -0.4 is 10.1 Å². The van der Waals surface area contributed by atoms with Gasteiger partial charge in [-0.1, -0.05) is 6.07 Å². The fourth-order valence-corrected chi connectivity index (χ4v) is 3.22. The second-order valence-electron chi connectivity index (χ2n) is 4.70. The maximum Gasteiger partial charge on any atom is 0.255 e. The molecule has 0 radical (unpaired) electrons. The molecule has 0 saturated heterocycles. The third-order valence-electron chi connectivity index (χ3n) is 3.52. The summed E-state index contributed by atoms with van der Waals surface area (Å²) in [5.41, 5.74) is 0.270. The average molecular weight is 281 g/mol. The van der Waals surface area contributed by atoms with Crippen molar-refractivity contribution in [1.82, 2.24) is 5.32 Å². The van der Waals surface area contributed by atoms with Crippen molar-refractivity contribution in [3.05, 3.63) is 23.8 Å². The van der Waals surface area contributed by atoms with Crippen LogP contribution in [0.1, 0.15) is 29.6 Å². The lowest BCUT2D eigenvalue weighted by atomic mass is 10.1. The van der Waals surface area contributed by atoms with E-state index in [0.717, 1.165) is 19.3 Å². The van der Waals surface area contributed by atoms with E-state index in [1.54, 1.807) is 18.2 Å². The summed E-state index contributed by atoms with van der Waals surface area (Å²) in [6, 6.07) is 5.14. The number of hydrogen-bond acceptors (Lipinski definition) is 4. The molecule has 1 fully saturated rings. The zero-order valence-electron chi connectivity index (χ0n) is 11.2. The van der Waals surface area contributed by atoms with Gasteiger partial charge in [0.05, 0.1) is 12.7 Å². The Morgan fingerprint density at radius 1 is 1.47 bits per heavy atom. The monoisotopic (exact) mass is 281 g/mol. The molecule has 0 aromatic heterocycles. The molecule has 104 valence electrons. The molecule has 2 N–H and O–H groups in total. The Hall–Kier alpha value is -1.36. The summed E-state index contributed by atoms with van der Waals surface area (Å²) in [4.78, 5) is 12.2. The SMILES string of the molecule is COc1cccc(C(=O)NC2CCC(SC)C2)c1O. The summed E-state index contributed by atoms with van der Waals surface area (Å²) in [6.45, 7) is 0. The minimum atomic E-state index is -0.233. The van der Waals surface area contributed by atoms with Gasteiger partial charge in [-0.3, -0.25) is 4.79 Å². The molecule has 4 nitrogen and oxygen atoms in total. The van der Waals surface area contributed by atoms with Crippen LogP contribution in [-0.2, 0) is 0 Å². The predicted octanol–water partition coefficient (Wildman–Crippen LogP) is 2.41. The number of nitrogens with one attached hydrogen (secondary N) is 1. The van der Waals surface area contributed by atoms with Crippen LogP contribution in [0, 0.1) is 0 Å². The van der Waals surface area contributed by atoms with Gasteiger partial charge < -0.3 is 15.2 Å². The molecule has 0 spiro atoms. The van der Waals surface area contributed by atoms with Crippen molar-refractivity contribution < 1.29 is 14.6 Å². The number of benzene rings is 1. The lowest BCUT2D eigenvalue weighted by molar-refractivity contribution is 0.0934. The van der Waals surface area contributed by atoms with Crippen LogP contribution in [0.4, 0.5) is 0 Å². The van der Waals surface area contributed by atoms with E-state index in [1.807, 2.05) is 11.8 Å². The first-order chi connectivity index (χ1) is 9.15. The second-order valence-corrected chi connectivity index (χ2v) is 5.84. The first-order valence-electron chi connectivity index (χ1n) is 6.35. The van der Waals surface area contributed by atoms with Crippen molar-refractivity contribution in [3.63, 3.8) is 0 Å². The molecule has 2 atom stereocenters. The van der Waals surface area contributed by atoms with Gasteiger partial charge in [-0.05, 0) is 37.7 Å². The van der Waals surface area contributed by atoms with E-state index in [4.69, 9.17) is 4.74 Å². The molecule has 5 heteroatoms. The van der Waals surface area contributed by atoms with E-state index in [2.05, 4.69) is 11.6 Å². The maximum absolute atomic E-state index is 12.2. The molecule has 1 aromatic rings. The van der Waals surface area contributed by atoms with Gasteiger partial charge >= 0.3 is 0 Å². The lowest BCUT2D eigenvalue weighted by Gasteiger charge is -2.14. The number of amides is 1. The molecule has 2 unspecified atom stereocenters. The summed E-state index contributed by atoms with van der Waals surface area (Å²) >= 11 is 1.85. The molecule has 19 heavy (non-hydrogen) atoms. The van der Waals surface area contributed by atoms with Gasteiger partial charge in [0.15, 0.2) is 11.5 Å². The maximum atomic E-state index is 12.2. The normalized spacial score (nSPS) is 22.2. The number of phenols is 1. The van der Waals surface area contributed by atoms with Crippen molar-refractivity contribution in [2.45, 2.75) is 30.6 Å². The summed E-state index contributed by atoms with van der Waals surface area (Å²) in [7, 11) is 1.47. The third-order valence-corrected chi connectivity index (χ3v) is 4.61. The molecule has 0 heterocycles. The summed E-state index contributed by atoms with van der Waals surface area (Å²) in [5, 5.41) is 13.6. The minimum absolute atomic E-state index is 0.0955. The highest BCUT2D eigenvalue weighted by Crippen LogP contribution is 2.31. The first kappa shape index (κ1) is 14.1. The van der Waals surface area contributed by atoms with Gasteiger partial charge in [-0.2, -0.15) is 11.8 Å². The molecule has 1 saturated carbocycles. The van der Waals surface area contributed by atoms with Gasteiger partial charge in [-0.15, -0.1) is 0 Å². The topological polar surface area (TPSA) is 58.6 Å². The quantitative estimate of drug-likeness (QED) is 0.890. The number of methoxy groups -OCH3 is 1. The van der Waals surface area contributed by atoms with Crippen LogP contribution in [0.3, 0.4) is 0 Å². The Morgan fingerprint density at radius 3 is 2.89 bits per heavy atom. The first-order valence-corrected chi connectivity index (χ1v) is 7.64. The highest BCUT2D eigenvalue weighted by atomic mass is 32.2. The van der Waals surface area contributed by atoms with Crippen LogP contribution in [0.5, 0.6) is 11.5 Å². The van der Waals surface area contributed by atoms with Crippen LogP contribution >= 0.6 is 11.8 Å². The fraction of sp³-hybridized carbons (Fsp3) is 0.500. The number of hydrogen-bond donors (Lipinski definition) is 2. The summed E-state index contributed by atoms with van der Waals surface area (Å²) < 4.78 is 5.01. The fourth-order valence-electron chi connectivity index (χ4n) is 2.42. The second kappa shape index (κ2) is 6.19. The number of phenolic OH excluding ortho intramolecular Hbond substituents is 1. The Balaban J connectivity index is 2.04. The van der Waals surface area contributed by atoms with Crippen molar-refractivity contribution in [3.8, 4) is 11.5 Å². The molecule has 2 rings (SSSR count). The van der Waals surface area contributed by atoms with Crippen LogP contribution in [0.25, 0.3) is 0 Å². The van der Waals surface area contributed by atoms with Crippen molar-refractivity contribution in [2.24, 2.45) is 0 Å². The van der Waals surface area contributed by atoms with E-state index in [-0.39, 0.29) is 23.3 Å². The van der Waals surface area contributed by atoms with E-state index in [9.17, 15) is 9.90 Å². The summed E-state index contributed by atoms with van der Waals surface area (Å²) in [6.07, 6.45) is 5.23. The molecule has 0 aliphatic heterocycles. The molecular formula is C14H19NO3S. The lowest BCUT2D eigenvalue weighted by Crippen LogP contribution is -2.33. The molecule has 1 amide bonds. The number of aromatic hydroxyl groups is 1. The third kappa shape index (κ3) is 3.15. The molecular weight excluding hydrogens is 262 g/mol. The molecule has 1 aliphatic carbocycles. The van der Waals surface area contributed by atoms with Crippen LogP contribution in [0.15, 0.2) is 18.2 Å². The zero-order valence-corrected chi connectivity index (χ0v) is 12.0. The number of rotatable bonds is 4. The van der Waals surface area contributed by atoms with Crippen LogP contribution in [-0.4, -0.2) is 35.7 Å². The van der Waals surface area contributed by atoms with E-state index in [0.29, 0.717) is 11.0 Å². The standard InChI is InChI=1S/C14H19NO3S/c1-18-12-5-3-4-11(13(12)16)14(17)15-9-6-7-10(8-9)19-2/h3-5,9-10,16H,6-8H2,1-2H3,(H,15,17). The predicted molar refractivity (Wildman–Crippen MR) is 77.1 cm³/mol. The van der Waals surface area contributed by atoms with Gasteiger partial charge in [0.25, 0.3) is 5.91 Å². The Labute approximate surface area is 117 Å². The van der Waals surface area contributed by atoms with Gasteiger partial charge in [-0.25, -0.2) is 0 Å². The van der Waals surface area contributed by atoms with E-state index in [1.165, 1.54) is 7.11 Å². The Bertz CT molecular complexity index is 464. The smallest absolute Gasteiger partial charge is 0.255 e. The largest absolute Gasteiger partial charge is 0.504 e. The van der Waals surface area contributed by atoms with Crippen molar-refractivity contribution in [1.29, 1.82) is 0 Å². The Kier molecular flexibility index (Phi) is 4.58. The van der Waals surface area contributed by atoms with Gasteiger partial charge in [0, 0.05) is 11.3 Å². The van der Waals surface area contributed by atoms with Crippen molar-refractivity contribution >= 4 is 17.7 Å². The average Bonchev–Trinajstić information content (AvgIpc) is 2.86. The Morgan fingerprint density at radius 2 is 2.26 bits per heavy atom. The number of para-hydroxylation sites is 1. The van der Waals surface area contributed by atoms with Gasteiger partial charge in [0.1, 0.15) is 0 Å². The van der Waals surface area contributed by atoms with Crippen LogP contribution in [0.2, 0.25) is 0 Å².